The molecule has 0 aromatic heterocycles. The Bertz CT molecular complexity index is 338. The van der Waals surface area contributed by atoms with Crippen molar-refractivity contribution >= 4 is 11.9 Å². The van der Waals surface area contributed by atoms with Crippen LogP contribution in [-0.2, 0) is 14.3 Å². The van der Waals surface area contributed by atoms with Crippen LogP contribution in [0.1, 0.15) is 39.5 Å². The number of hydrogen-bond acceptors (Lipinski definition) is 4. The maximum absolute atomic E-state index is 11.6. The molecular weight excluding hydrogens is 220 g/mol. The summed E-state index contributed by atoms with van der Waals surface area (Å²) in [6.07, 6.45) is 3.24. The van der Waals surface area contributed by atoms with Crippen molar-refractivity contribution in [1.29, 1.82) is 5.26 Å². The predicted octanol–water partition coefficient (Wildman–Crippen LogP) is 1.14. The standard InChI is InChI=1S/C12H18N2O3/c1-9(2)11(16)17-7-10(15)14-12(8-13)5-3-4-6-12/h9H,3-7H2,1-2H3,(H,14,15). The molecule has 1 rings (SSSR count). The largest absolute Gasteiger partial charge is 0.455 e. The van der Waals surface area contributed by atoms with Crippen molar-refractivity contribution in [3.05, 3.63) is 0 Å². The van der Waals surface area contributed by atoms with E-state index in [1.807, 2.05) is 0 Å². The minimum Gasteiger partial charge on any atom is -0.455 e. The first-order valence-electron chi connectivity index (χ1n) is 5.88. The molecule has 1 aliphatic carbocycles. The van der Waals surface area contributed by atoms with E-state index in [-0.39, 0.29) is 12.5 Å². The second-order valence-electron chi connectivity index (χ2n) is 4.71. The third kappa shape index (κ3) is 3.74. The Morgan fingerprint density at radius 1 is 1.41 bits per heavy atom. The van der Waals surface area contributed by atoms with E-state index in [1.54, 1.807) is 13.8 Å². The summed E-state index contributed by atoms with van der Waals surface area (Å²) in [5, 5.41) is 11.7. The lowest BCUT2D eigenvalue weighted by molar-refractivity contribution is -0.151. The van der Waals surface area contributed by atoms with Crippen LogP contribution in [-0.4, -0.2) is 24.0 Å². The number of ether oxygens (including phenoxy) is 1. The molecule has 0 spiro atoms. The van der Waals surface area contributed by atoms with Crippen molar-refractivity contribution in [1.82, 2.24) is 5.32 Å². The van der Waals surface area contributed by atoms with E-state index in [2.05, 4.69) is 11.4 Å². The molecule has 5 heteroatoms. The molecule has 1 N–H and O–H groups in total. The van der Waals surface area contributed by atoms with Gasteiger partial charge < -0.3 is 10.1 Å². The van der Waals surface area contributed by atoms with Gasteiger partial charge in [-0.3, -0.25) is 9.59 Å². The van der Waals surface area contributed by atoms with Gasteiger partial charge in [-0.05, 0) is 25.7 Å². The van der Waals surface area contributed by atoms with E-state index in [0.29, 0.717) is 12.8 Å². The number of hydrogen-bond donors (Lipinski definition) is 1. The summed E-state index contributed by atoms with van der Waals surface area (Å²) in [6, 6.07) is 2.15. The minimum atomic E-state index is -0.749. The molecular formula is C12H18N2O3. The lowest BCUT2D eigenvalue weighted by atomic mass is 10.00. The third-order valence-corrected chi connectivity index (χ3v) is 2.87. The van der Waals surface area contributed by atoms with Crippen LogP contribution in [0.5, 0.6) is 0 Å². The molecule has 17 heavy (non-hydrogen) atoms. The molecule has 0 atom stereocenters. The van der Waals surface area contributed by atoms with Crippen LogP contribution in [0.4, 0.5) is 0 Å². The number of carbonyl (C=O) groups excluding carboxylic acids is 2. The molecule has 5 nitrogen and oxygen atoms in total. The average Bonchev–Trinajstić information content (AvgIpc) is 2.75. The van der Waals surface area contributed by atoms with Crippen LogP contribution in [0.3, 0.4) is 0 Å². The number of nitriles is 1. The summed E-state index contributed by atoms with van der Waals surface area (Å²) < 4.78 is 4.80. The van der Waals surface area contributed by atoms with E-state index >= 15 is 0 Å². The van der Waals surface area contributed by atoms with E-state index in [4.69, 9.17) is 10.00 Å². The summed E-state index contributed by atoms with van der Waals surface area (Å²) in [4.78, 5) is 22.7. The molecule has 94 valence electrons. The first-order valence-corrected chi connectivity index (χ1v) is 5.88. The van der Waals surface area contributed by atoms with Crippen molar-refractivity contribution in [3.63, 3.8) is 0 Å². The fourth-order valence-corrected chi connectivity index (χ4v) is 1.85. The normalized spacial score (nSPS) is 17.5. The molecule has 0 aromatic rings. The minimum absolute atomic E-state index is 0.251. The summed E-state index contributed by atoms with van der Waals surface area (Å²) in [6.45, 7) is 3.10. The third-order valence-electron chi connectivity index (χ3n) is 2.87. The lowest BCUT2D eigenvalue weighted by Crippen LogP contribution is -2.46. The van der Waals surface area contributed by atoms with E-state index < -0.39 is 17.4 Å². The SMILES string of the molecule is CC(C)C(=O)OCC(=O)NC1(C#N)CCCC1. The van der Waals surface area contributed by atoms with Gasteiger partial charge in [-0.25, -0.2) is 0 Å². The Labute approximate surface area is 101 Å². The lowest BCUT2D eigenvalue weighted by Gasteiger charge is -2.21. The van der Waals surface area contributed by atoms with Gasteiger partial charge in [0.1, 0.15) is 5.54 Å². The number of nitrogens with zero attached hydrogens (tertiary/aromatic N) is 1. The van der Waals surface area contributed by atoms with Crippen molar-refractivity contribution < 1.29 is 14.3 Å². The highest BCUT2D eigenvalue weighted by Gasteiger charge is 2.35. The number of carbonyl (C=O) groups is 2. The van der Waals surface area contributed by atoms with Gasteiger partial charge in [-0.2, -0.15) is 5.26 Å². The molecule has 0 aliphatic heterocycles. The molecule has 0 unspecified atom stereocenters. The van der Waals surface area contributed by atoms with Crippen LogP contribution in [0.25, 0.3) is 0 Å². The van der Waals surface area contributed by atoms with Crippen molar-refractivity contribution in [3.8, 4) is 6.07 Å². The fourth-order valence-electron chi connectivity index (χ4n) is 1.85. The van der Waals surface area contributed by atoms with Crippen LogP contribution in [0.2, 0.25) is 0 Å². The number of rotatable bonds is 4. The zero-order chi connectivity index (χ0) is 12.9. The van der Waals surface area contributed by atoms with Gasteiger partial charge in [0.2, 0.25) is 0 Å². The fraction of sp³-hybridized carbons (Fsp3) is 0.750. The highest BCUT2D eigenvalue weighted by Crippen LogP contribution is 2.28. The van der Waals surface area contributed by atoms with Gasteiger partial charge in [-0.15, -0.1) is 0 Å². The number of nitrogens with one attached hydrogen (secondary N) is 1. The molecule has 0 aromatic carbocycles. The first kappa shape index (κ1) is 13.5. The van der Waals surface area contributed by atoms with Crippen molar-refractivity contribution in [2.45, 2.75) is 45.1 Å². The monoisotopic (exact) mass is 238 g/mol. The molecule has 1 aliphatic rings. The molecule has 0 bridgehead atoms. The summed E-state index contributed by atoms with van der Waals surface area (Å²) >= 11 is 0. The molecule has 0 heterocycles. The van der Waals surface area contributed by atoms with Crippen LogP contribution < -0.4 is 5.32 Å². The van der Waals surface area contributed by atoms with Crippen LogP contribution in [0, 0.1) is 17.2 Å². The van der Waals surface area contributed by atoms with Crippen LogP contribution >= 0.6 is 0 Å². The molecule has 0 saturated heterocycles. The van der Waals surface area contributed by atoms with Gasteiger partial charge in [0.25, 0.3) is 5.91 Å². The average molecular weight is 238 g/mol. The van der Waals surface area contributed by atoms with Crippen molar-refractivity contribution in [2.24, 2.45) is 5.92 Å². The topological polar surface area (TPSA) is 79.2 Å². The van der Waals surface area contributed by atoms with E-state index in [9.17, 15) is 9.59 Å². The Kier molecular flexibility index (Phi) is 4.50. The molecule has 1 saturated carbocycles. The van der Waals surface area contributed by atoms with E-state index in [0.717, 1.165) is 12.8 Å². The summed E-state index contributed by atoms with van der Waals surface area (Å²) in [5.74, 6) is -1.06. The predicted molar refractivity (Wildman–Crippen MR) is 60.8 cm³/mol. The Balaban J connectivity index is 2.39. The molecule has 1 fully saturated rings. The quantitative estimate of drug-likeness (QED) is 0.745. The zero-order valence-corrected chi connectivity index (χ0v) is 10.3. The van der Waals surface area contributed by atoms with Gasteiger partial charge in [0, 0.05) is 0 Å². The highest BCUT2D eigenvalue weighted by molar-refractivity contribution is 5.81. The Morgan fingerprint density at radius 3 is 2.47 bits per heavy atom. The van der Waals surface area contributed by atoms with E-state index in [1.165, 1.54) is 0 Å². The number of amides is 1. The highest BCUT2D eigenvalue weighted by atomic mass is 16.5. The maximum atomic E-state index is 11.6. The second kappa shape index (κ2) is 5.67. The van der Waals surface area contributed by atoms with Gasteiger partial charge in [-0.1, -0.05) is 13.8 Å². The summed E-state index contributed by atoms with van der Waals surface area (Å²) in [7, 11) is 0. The van der Waals surface area contributed by atoms with Crippen molar-refractivity contribution in [2.75, 3.05) is 6.61 Å². The first-order chi connectivity index (χ1) is 7.99. The Hall–Kier alpha value is -1.57. The van der Waals surface area contributed by atoms with Gasteiger partial charge >= 0.3 is 5.97 Å². The van der Waals surface area contributed by atoms with Gasteiger partial charge in [0.15, 0.2) is 6.61 Å². The number of esters is 1. The van der Waals surface area contributed by atoms with Crippen LogP contribution in [0.15, 0.2) is 0 Å². The molecule has 0 radical (unpaired) electrons. The molecule has 1 amide bonds. The van der Waals surface area contributed by atoms with Gasteiger partial charge in [0.05, 0.1) is 12.0 Å². The Morgan fingerprint density at radius 2 is 2.00 bits per heavy atom. The zero-order valence-electron chi connectivity index (χ0n) is 10.3. The second-order valence-corrected chi connectivity index (χ2v) is 4.71. The summed E-state index contributed by atoms with van der Waals surface area (Å²) in [5.41, 5.74) is -0.749. The smallest absolute Gasteiger partial charge is 0.308 e. The maximum Gasteiger partial charge on any atom is 0.308 e.